The summed E-state index contributed by atoms with van der Waals surface area (Å²) in [7, 11) is 1.28. The van der Waals surface area contributed by atoms with Crippen molar-refractivity contribution in [3.63, 3.8) is 0 Å². The molecular formula is C15H13N3O4. The molecule has 7 nitrogen and oxygen atoms in total. The molecule has 0 atom stereocenters. The third kappa shape index (κ3) is 2.26. The van der Waals surface area contributed by atoms with Crippen LogP contribution in [0.1, 0.15) is 31.2 Å². The quantitative estimate of drug-likeness (QED) is 0.620. The minimum absolute atomic E-state index is 0.185. The summed E-state index contributed by atoms with van der Waals surface area (Å²) in [5.74, 6) is -1.12. The Morgan fingerprint density at radius 3 is 2.36 bits per heavy atom. The molecule has 1 aromatic heterocycles. The van der Waals surface area contributed by atoms with E-state index in [1.165, 1.54) is 24.5 Å². The van der Waals surface area contributed by atoms with Crippen molar-refractivity contribution < 1.29 is 19.1 Å². The first-order chi connectivity index (χ1) is 10.6. The number of nitrogens with zero attached hydrogens (tertiary/aromatic N) is 3. The second-order valence-electron chi connectivity index (χ2n) is 4.80. The smallest absolute Gasteiger partial charge is 0.358 e. The van der Waals surface area contributed by atoms with Crippen LogP contribution in [-0.4, -0.2) is 45.9 Å². The van der Waals surface area contributed by atoms with Gasteiger partial charge in [0.15, 0.2) is 5.69 Å². The number of carbonyl (C=O) groups excluding carboxylic acids is 3. The van der Waals surface area contributed by atoms with Gasteiger partial charge in [-0.1, -0.05) is 12.1 Å². The third-order valence-electron chi connectivity index (χ3n) is 3.49. The van der Waals surface area contributed by atoms with Gasteiger partial charge in [0.1, 0.15) is 0 Å². The first-order valence-electron chi connectivity index (χ1n) is 6.67. The average Bonchev–Trinajstić information content (AvgIpc) is 3.10. The van der Waals surface area contributed by atoms with Crippen LogP contribution < -0.4 is 0 Å². The van der Waals surface area contributed by atoms with Crippen LogP contribution in [0.25, 0.3) is 0 Å². The lowest BCUT2D eigenvalue weighted by molar-refractivity contribution is 0.0591. The Balaban J connectivity index is 1.70. The second-order valence-corrected chi connectivity index (χ2v) is 4.80. The summed E-state index contributed by atoms with van der Waals surface area (Å²) < 4.78 is 6.21. The Hall–Kier alpha value is -2.96. The predicted octanol–water partition coefficient (Wildman–Crippen LogP) is 0.966. The van der Waals surface area contributed by atoms with Crippen molar-refractivity contribution >= 4 is 17.8 Å². The van der Waals surface area contributed by atoms with Gasteiger partial charge in [-0.05, 0) is 12.1 Å². The highest BCUT2D eigenvalue weighted by Crippen LogP contribution is 2.22. The maximum Gasteiger partial charge on any atom is 0.358 e. The molecule has 7 heteroatoms. The van der Waals surface area contributed by atoms with Crippen LogP contribution in [0.3, 0.4) is 0 Å². The van der Waals surface area contributed by atoms with Gasteiger partial charge in [0.05, 0.1) is 24.6 Å². The Labute approximate surface area is 126 Å². The van der Waals surface area contributed by atoms with Gasteiger partial charge < -0.3 is 9.30 Å². The molecule has 0 fully saturated rings. The Morgan fingerprint density at radius 2 is 1.77 bits per heavy atom. The maximum absolute atomic E-state index is 12.2. The zero-order valence-corrected chi connectivity index (χ0v) is 11.9. The topological polar surface area (TPSA) is 81.5 Å². The summed E-state index contributed by atoms with van der Waals surface area (Å²) in [4.78, 5) is 40.8. The number of aromatic nitrogens is 2. The van der Waals surface area contributed by atoms with E-state index in [1.807, 2.05) is 0 Å². The highest BCUT2D eigenvalue weighted by Gasteiger charge is 2.34. The van der Waals surface area contributed by atoms with Crippen LogP contribution in [-0.2, 0) is 11.3 Å². The lowest BCUT2D eigenvalue weighted by Gasteiger charge is -2.13. The van der Waals surface area contributed by atoms with Crippen LogP contribution >= 0.6 is 0 Å². The van der Waals surface area contributed by atoms with Gasteiger partial charge in [0.2, 0.25) is 0 Å². The zero-order valence-electron chi connectivity index (χ0n) is 11.9. The molecule has 1 aromatic carbocycles. The van der Waals surface area contributed by atoms with Crippen molar-refractivity contribution in [1.82, 2.24) is 14.5 Å². The molecule has 2 amide bonds. The normalized spacial score (nSPS) is 13.4. The van der Waals surface area contributed by atoms with Crippen molar-refractivity contribution in [1.29, 1.82) is 0 Å². The molecule has 1 aliphatic heterocycles. The number of fused-ring (bicyclic) bond motifs is 1. The number of rotatable bonds is 4. The zero-order chi connectivity index (χ0) is 15.7. The summed E-state index contributed by atoms with van der Waals surface area (Å²) in [5, 5.41) is 0. The van der Waals surface area contributed by atoms with E-state index in [2.05, 4.69) is 9.72 Å². The van der Waals surface area contributed by atoms with Gasteiger partial charge in [0, 0.05) is 19.3 Å². The van der Waals surface area contributed by atoms with Crippen molar-refractivity contribution in [2.75, 3.05) is 13.7 Å². The average molecular weight is 299 g/mol. The molecule has 0 N–H and O–H groups in total. The fourth-order valence-electron chi connectivity index (χ4n) is 2.35. The first kappa shape index (κ1) is 14.0. The number of esters is 1. The number of hydrogen-bond donors (Lipinski definition) is 0. The third-order valence-corrected chi connectivity index (χ3v) is 3.49. The van der Waals surface area contributed by atoms with E-state index in [1.54, 1.807) is 28.8 Å². The van der Waals surface area contributed by atoms with Crippen LogP contribution in [0.15, 0.2) is 36.8 Å². The number of ether oxygens (including phenoxy) is 1. The number of benzene rings is 1. The minimum Gasteiger partial charge on any atom is -0.464 e. The largest absolute Gasteiger partial charge is 0.464 e. The van der Waals surface area contributed by atoms with Gasteiger partial charge in [0.25, 0.3) is 11.8 Å². The van der Waals surface area contributed by atoms with Gasteiger partial charge in [-0.3, -0.25) is 14.5 Å². The lowest BCUT2D eigenvalue weighted by Crippen LogP contribution is -2.32. The van der Waals surface area contributed by atoms with E-state index in [0.717, 1.165) is 0 Å². The molecule has 0 aliphatic carbocycles. The maximum atomic E-state index is 12.2. The van der Waals surface area contributed by atoms with E-state index in [9.17, 15) is 14.4 Å². The second kappa shape index (κ2) is 5.44. The molecule has 2 heterocycles. The molecule has 0 bridgehead atoms. The van der Waals surface area contributed by atoms with E-state index < -0.39 is 5.97 Å². The monoisotopic (exact) mass is 299 g/mol. The number of imide groups is 1. The Bertz CT molecular complexity index is 731. The number of amides is 2. The minimum atomic E-state index is -0.528. The fraction of sp³-hybridized carbons (Fsp3) is 0.200. The molecule has 2 aromatic rings. The number of imidazole rings is 1. The number of hydrogen-bond acceptors (Lipinski definition) is 5. The van der Waals surface area contributed by atoms with Crippen molar-refractivity contribution in [3.05, 3.63) is 53.6 Å². The molecule has 22 heavy (non-hydrogen) atoms. The van der Waals surface area contributed by atoms with E-state index in [4.69, 9.17) is 0 Å². The molecule has 1 aliphatic rings. The van der Waals surface area contributed by atoms with Crippen molar-refractivity contribution in [2.24, 2.45) is 0 Å². The molecule has 0 unspecified atom stereocenters. The fourth-order valence-corrected chi connectivity index (χ4v) is 2.35. The van der Waals surface area contributed by atoms with Gasteiger partial charge in [-0.15, -0.1) is 0 Å². The van der Waals surface area contributed by atoms with Crippen molar-refractivity contribution in [3.8, 4) is 0 Å². The lowest BCUT2D eigenvalue weighted by atomic mass is 10.1. The first-order valence-corrected chi connectivity index (χ1v) is 6.67. The summed E-state index contributed by atoms with van der Waals surface area (Å²) in [6, 6.07) is 6.74. The van der Waals surface area contributed by atoms with Crippen LogP contribution in [0, 0.1) is 0 Å². The van der Waals surface area contributed by atoms with Crippen LogP contribution in [0.2, 0.25) is 0 Å². The molecule has 0 saturated heterocycles. The summed E-state index contributed by atoms with van der Waals surface area (Å²) >= 11 is 0. The summed E-state index contributed by atoms with van der Waals surface area (Å²) in [6.07, 6.45) is 2.98. The van der Waals surface area contributed by atoms with Gasteiger partial charge in [-0.2, -0.15) is 0 Å². The SMILES string of the molecule is COC(=O)c1cn(CCN2C(=O)c3ccccc3C2=O)cn1. The van der Waals surface area contributed by atoms with Crippen LogP contribution in [0.4, 0.5) is 0 Å². The van der Waals surface area contributed by atoms with Gasteiger partial charge in [-0.25, -0.2) is 9.78 Å². The summed E-state index contributed by atoms with van der Waals surface area (Å²) in [5.41, 5.74) is 1.03. The Morgan fingerprint density at radius 1 is 1.14 bits per heavy atom. The highest BCUT2D eigenvalue weighted by molar-refractivity contribution is 6.21. The van der Waals surface area contributed by atoms with E-state index in [0.29, 0.717) is 17.7 Å². The standard InChI is InChI=1S/C15H13N3O4/c1-22-15(21)12-8-17(9-16-12)6-7-18-13(19)10-4-2-3-5-11(10)14(18)20/h2-5,8-9H,6-7H2,1H3. The van der Waals surface area contributed by atoms with Gasteiger partial charge >= 0.3 is 5.97 Å². The molecule has 0 saturated carbocycles. The van der Waals surface area contributed by atoms with Crippen LogP contribution in [0.5, 0.6) is 0 Å². The highest BCUT2D eigenvalue weighted by atomic mass is 16.5. The van der Waals surface area contributed by atoms with Crippen molar-refractivity contribution in [2.45, 2.75) is 6.54 Å². The molecular weight excluding hydrogens is 286 g/mol. The summed E-state index contributed by atoms with van der Waals surface area (Å²) in [6.45, 7) is 0.568. The molecule has 3 rings (SSSR count). The molecule has 0 spiro atoms. The van der Waals surface area contributed by atoms with E-state index >= 15 is 0 Å². The number of carbonyl (C=O) groups is 3. The van der Waals surface area contributed by atoms with E-state index in [-0.39, 0.29) is 24.1 Å². The number of methoxy groups -OCH3 is 1. The predicted molar refractivity (Wildman–Crippen MR) is 75.4 cm³/mol. The molecule has 112 valence electrons. The molecule has 0 radical (unpaired) electrons. The Kier molecular flexibility index (Phi) is 3.46.